The van der Waals surface area contributed by atoms with Gasteiger partial charge >= 0.3 is 0 Å². The molecular weight excluding hydrogens is 418 g/mol. The second-order valence-corrected chi connectivity index (χ2v) is 8.65. The van der Waals surface area contributed by atoms with Crippen molar-refractivity contribution in [2.45, 2.75) is 32.2 Å². The minimum Gasteiger partial charge on any atom is -0.496 e. The maximum absolute atomic E-state index is 13.7. The van der Waals surface area contributed by atoms with E-state index in [2.05, 4.69) is 4.90 Å². The average molecular weight is 452 g/mol. The van der Waals surface area contributed by atoms with Crippen molar-refractivity contribution >= 4 is 17.5 Å². The Morgan fingerprint density at radius 1 is 0.879 bits per heavy atom. The summed E-state index contributed by atoms with van der Waals surface area (Å²) in [5.41, 5.74) is 2.53. The fourth-order valence-electron chi connectivity index (χ4n) is 4.93. The minimum absolute atomic E-state index is 0.0114. The molecule has 0 N–H and O–H groups in total. The number of nitrogens with zero attached hydrogens (tertiary/aromatic N) is 3. The third kappa shape index (κ3) is 4.77. The number of hydrogen-bond donors (Lipinski definition) is 0. The van der Waals surface area contributed by atoms with Crippen molar-refractivity contribution in [3.63, 3.8) is 0 Å². The number of ether oxygens (including phenoxy) is 2. The fourth-order valence-corrected chi connectivity index (χ4v) is 4.93. The molecule has 7 nitrogen and oxygen atoms in total. The zero-order valence-electron chi connectivity index (χ0n) is 19.8. The molecule has 2 heterocycles. The van der Waals surface area contributed by atoms with Crippen LogP contribution in [0.15, 0.2) is 42.5 Å². The number of benzene rings is 2. The highest BCUT2D eigenvalue weighted by Crippen LogP contribution is 2.34. The summed E-state index contributed by atoms with van der Waals surface area (Å²) in [5, 5.41) is 0. The zero-order valence-corrected chi connectivity index (χ0v) is 19.8. The van der Waals surface area contributed by atoms with E-state index < -0.39 is 0 Å². The third-order valence-electron chi connectivity index (χ3n) is 6.70. The molecule has 1 atom stereocenters. The molecule has 176 valence electrons. The quantitative estimate of drug-likeness (QED) is 0.693. The van der Waals surface area contributed by atoms with Crippen molar-refractivity contribution in [3.8, 4) is 11.5 Å². The number of amides is 2. The number of piperidine rings is 1. The number of piperazine rings is 1. The van der Waals surface area contributed by atoms with Gasteiger partial charge in [0.05, 0.1) is 25.8 Å². The maximum atomic E-state index is 13.7. The van der Waals surface area contributed by atoms with Crippen molar-refractivity contribution in [3.05, 3.63) is 53.6 Å². The van der Waals surface area contributed by atoms with Crippen LogP contribution in [0.1, 0.15) is 48.1 Å². The van der Waals surface area contributed by atoms with Crippen molar-refractivity contribution < 1.29 is 19.1 Å². The van der Waals surface area contributed by atoms with E-state index in [1.165, 1.54) is 19.3 Å². The lowest BCUT2D eigenvalue weighted by Gasteiger charge is -2.41. The monoisotopic (exact) mass is 451 g/mol. The Morgan fingerprint density at radius 2 is 1.61 bits per heavy atom. The lowest BCUT2D eigenvalue weighted by atomic mass is 10.00. The van der Waals surface area contributed by atoms with Gasteiger partial charge in [0, 0.05) is 50.9 Å². The SMILES string of the molecule is COc1ccc(N2CCCCC2)cc1C(=O)N1CCN(C(C)=O)C(c2ccccc2OC)C1. The molecule has 2 fully saturated rings. The highest BCUT2D eigenvalue weighted by atomic mass is 16.5. The molecule has 0 aromatic heterocycles. The molecule has 0 spiro atoms. The van der Waals surface area contributed by atoms with Gasteiger partial charge in [0.15, 0.2) is 0 Å². The summed E-state index contributed by atoms with van der Waals surface area (Å²) >= 11 is 0. The highest BCUT2D eigenvalue weighted by Gasteiger charge is 2.34. The number of para-hydroxylation sites is 1. The van der Waals surface area contributed by atoms with Crippen LogP contribution in [-0.2, 0) is 4.79 Å². The molecule has 0 radical (unpaired) electrons. The van der Waals surface area contributed by atoms with E-state index in [1.807, 2.05) is 52.3 Å². The molecule has 1 unspecified atom stereocenters. The molecule has 7 heteroatoms. The number of methoxy groups -OCH3 is 2. The van der Waals surface area contributed by atoms with Gasteiger partial charge in [0.25, 0.3) is 5.91 Å². The van der Waals surface area contributed by atoms with Crippen LogP contribution in [0.4, 0.5) is 5.69 Å². The van der Waals surface area contributed by atoms with Crippen molar-refractivity contribution in [2.24, 2.45) is 0 Å². The number of carbonyl (C=O) groups excluding carboxylic acids is 2. The number of hydrogen-bond acceptors (Lipinski definition) is 5. The van der Waals surface area contributed by atoms with E-state index in [0.29, 0.717) is 36.7 Å². The van der Waals surface area contributed by atoms with Gasteiger partial charge in [-0.2, -0.15) is 0 Å². The smallest absolute Gasteiger partial charge is 0.257 e. The van der Waals surface area contributed by atoms with Gasteiger partial charge in [-0.05, 0) is 43.5 Å². The Kier molecular flexibility index (Phi) is 7.06. The van der Waals surface area contributed by atoms with Crippen LogP contribution >= 0.6 is 0 Å². The highest BCUT2D eigenvalue weighted by molar-refractivity contribution is 5.98. The number of anilines is 1. The molecule has 2 aromatic rings. The zero-order chi connectivity index (χ0) is 23.4. The summed E-state index contributed by atoms with van der Waals surface area (Å²) in [7, 11) is 3.22. The molecule has 0 aliphatic carbocycles. The first-order chi connectivity index (χ1) is 16.0. The summed E-state index contributed by atoms with van der Waals surface area (Å²) in [6, 6.07) is 13.3. The molecule has 2 aliphatic rings. The normalized spacial score (nSPS) is 18.8. The fraction of sp³-hybridized carbons (Fsp3) is 0.462. The standard InChI is InChI=1S/C26H33N3O4/c1-19(30)29-16-15-28(18-23(29)21-9-5-6-10-24(21)32-2)26(31)22-17-20(11-12-25(22)33-3)27-13-7-4-8-14-27/h5-6,9-12,17,23H,4,7-8,13-16,18H2,1-3H3. The van der Waals surface area contributed by atoms with Crippen LogP contribution in [-0.4, -0.2) is 68.6 Å². The van der Waals surface area contributed by atoms with Crippen LogP contribution < -0.4 is 14.4 Å². The summed E-state index contributed by atoms with van der Waals surface area (Å²) in [6.45, 7) is 4.93. The second-order valence-electron chi connectivity index (χ2n) is 8.65. The van der Waals surface area contributed by atoms with Gasteiger partial charge in [-0.25, -0.2) is 0 Å². The predicted octanol–water partition coefficient (Wildman–Crippen LogP) is 3.74. The summed E-state index contributed by atoms with van der Waals surface area (Å²) in [6.07, 6.45) is 3.59. The molecule has 2 saturated heterocycles. The number of rotatable bonds is 5. The van der Waals surface area contributed by atoms with Gasteiger partial charge < -0.3 is 24.2 Å². The molecule has 0 saturated carbocycles. The summed E-state index contributed by atoms with van der Waals surface area (Å²) in [4.78, 5) is 32.1. The van der Waals surface area contributed by atoms with Gasteiger partial charge in [0.1, 0.15) is 11.5 Å². The Morgan fingerprint density at radius 3 is 2.30 bits per heavy atom. The van der Waals surface area contributed by atoms with Gasteiger partial charge in [-0.3, -0.25) is 9.59 Å². The van der Waals surface area contributed by atoms with Crippen molar-refractivity contribution in [2.75, 3.05) is 51.8 Å². The second kappa shape index (κ2) is 10.1. The first-order valence-electron chi connectivity index (χ1n) is 11.7. The average Bonchev–Trinajstić information content (AvgIpc) is 2.87. The first-order valence-corrected chi connectivity index (χ1v) is 11.7. The summed E-state index contributed by atoms with van der Waals surface area (Å²) in [5.74, 6) is 1.20. The van der Waals surface area contributed by atoms with Gasteiger partial charge in [0.2, 0.25) is 5.91 Å². The first kappa shape index (κ1) is 23.0. The lowest BCUT2D eigenvalue weighted by Crippen LogP contribution is -2.52. The Hall–Kier alpha value is -3.22. The van der Waals surface area contributed by atoms with Crippen LogP contribution in [0, 0.1) is 0 Å². The largest absolute Gasteiger partial charge is 0.496 e. The third-order valence-corrected chi connectivity index (χ3v) is 6.70. The van der Waals surface area contributed by atoms with E-state index >= 15 is 0 Å². The number of carbonyl (C=O) groups is 2. The van der Waals surface area contributed by atoms with E-state index in [9.17, 15) is 9.59 Å². The molecular formula is C26H33N3O4. The minimum atomic E-state index is -0.271. The lowest BCUT2D eigenvalue weighted by molar-refractivity contribution is -0.133. The maximum Gasteiger partial charge on any atom is 0.257 e. The van der Waals surface area contributed by atoms with Crippen LogP contribution in [0.2, 0.25) is 0 Å². The topological polar surface area (TPSA) is 62.3 Å². The Labute approximate surface area is 195 Å². The molecule has 0 bridgehead atoms. The predicted molar refractivity (Wildman–Crippen MR) is 128 cm³/mol. The van der Waals surface area contributed by atoms with E-state index in [4.69, 9.17) is 9.47 Å². The van der Waals surface area contributed by atoms with Gasteiger partial charge in [-0.15, -0.1) is 0 Å². The van der Waals surface area contributed by atoms with Gasteiger partial charge in [-0.1, -0.05) is 18.2 Å². The molecule has 2 amide bonds. The van der Waals surface area contributed by atoms with E-state index in [1.54, 1.807) is 21.1 Å². The van der Waals surface area contributed by atoms with Crippen LogP contribution in [0.3, 0.4) is 0 Å². The molecule has 33 heavy (non-hydrogen) atoms. The van der Waals surface area contributed by atoms with Crippen molar-refractivity contribution in [1.29, 1.82) is 0 Å². The van der Waals surface area contributed by atoms with E-state index in [0.717, 1.165) is 24.3 Å². The Balaban J connectivity index is 1.63. The molecule has 2 aliphatic heterocycles. The van der Waals surface area contributed by atoms with Crippen LogP contribution in [0.5, 0.6) is 11.5 Å². The van der Waals surface area contributed by atoms with Crippen LogP contribution in [0.25, 0.3) is 0 Å². The van der Waals surface area contributed by atoms with E-state index in [-0.39, 0.29) is 17.9 Å². The van der Waals surface area contributed by atoms with Crippen molar-refractivity contribution in [1.82, 2.24) is 9.80 Å². The molecule has 2 aromatic carbocycles. The Bertz CT molecular complexity index is 1000. The summed E-state index contributed by atoms with van der Waals surface area (Å²) < 4.78 is 11.1. The molecule has 4 rings (SSSR count).